The van der Waals surface area contributed by atoms with E-state index in [1.165, 1.54) is 7.11 Å². The minimum Gasteiger partial charge on any atom is -0.356 e. The first-order chi connectivity index (χ1) is 29.6. The van der Waals surface area contributed by atoms with Crippen molar-refractivity contribution in [3.05, 3.63) is 241 Å². The van der Waals surface area contributed by atoms with Crippen LogP contribution in [-0.4, -0.2) is 45.1 Å². The van der Waals surface area contributed by atoms with Gasteiger partial charge in [-0.3, -0.25) is 0 Å². The number of halogens is 3. The van der Waals surface area contributed by atoms with E-state index in [-0.39, 0.29) is 0 Å². The number of nitrogens with zero attached hydrogens (tertiary/aromatic N) is 5. The van der Waals surface area contributed by atoms with Crippen molar-refractivity contribution in [2.45, 2.75) is 6.18 Å². The van der Waals surface area contributed by atoms with Crippen LogP contribution in [-0.2, 0) is 9.05 Å². The Labute approximate surface area is 347 Å². The Hall–Kier alpha value is -7.18. The van der Waals surface area contributed by atoms with Crippen LogP contribution in [0.25, 0.3) is 22.3 Å². The normalized spacial score (nSPS) is 17.5. The first kappa shape index (κ1) is 39.3. The lowest BCUT2D eigenvalue weighted by atomic mass is 10.0. The topological polar surface area (TPSA) is 119 Å². The summed E-state index contributed by atoms with van der Waals surface area (Å²) in [4.78, 5) is 18.9. The SMILES string of the molecule is CO[P+]1(OCC(F)(F)F)n2c3ccc2C(c2ccccc2)=C2C=CC(=N2)C(c2ccccc2)=c2ccc(n21)=C(c1ccccc1)C1=NC(=C3c2ccccc2)C=C1.O=[N+]([O-])[O-]. The second kappa shape index (κ2) is 15.8. The molecule has 0 N–H and O–H groups in total. The molecule has 302 valence electrons. The molecule has 61 heavy (non-hydrogen) atoms. The molecule has 0 amide bonds. The average Bonchev–Trinajstić information content (AvgIpc) is 4.10. The summed E-state index contributed by atoms with van der Waals surface area (Å²) < 4.78 is 61.6. The van der Waals surface area contributed by atoms with Gasteiger partial charge in [0.2, 0.25) is 0 Å². The molecular formula is C47H33F3N5O5P. The fourth-order valence-corrected chi connectivity index (χ4v) is 11.1. The average molecular weight is 836 g/mol. The number of benzene rings is 4. The van der Waals surface area contributed by atoms with Crippen molar-refractivity contribution < 1.29 is 27.3 Å². The van der Waals surface area contributed by atoms with E-state index in [4.69, 9.17) is 34.4 Å². The molecule has 6 bridgehead atoms. The molecule has 10 nitrogen and oxygen atoms in total. The molecule has 0 saturated carbocycles. The Morgan fingerprint density at radius 1 is 0.557 bits per heavy atom. The molecule has 2 aromatic heterocycles. The molecule has 10 rings (SSSR count). The van der Waals surface area contributed by atoms with E-state index in [2.05, 4.69) is 0 Å². The van der Waals surface area contributed by atoms with Gasteiger partial charge in [-0.05, 0) is 70.8 Å². The highest BCUT2D eigenvalue weighted by Gasteiger charge is 2.56. The summed E-state index contributed by atoms with van der Waals surface area (Å²) in [6.45, 7) is -1.57. The van der Waals surface area contributed by atoms with Crippen molar-refractivity contribution in [2.24, 2.45) is 9.98 Å². The predicted octanol–water partition coefficient (Wildman–Crippen LogP) is 9.32. The lowest BCUT2D eigenvalue weighted by Gasteiger charge is -2.30. The monoisotopic (exact) mass is 835 g/mol. The van der Waals surface area contributed by atoms with Gasteiger partial charge >= 0.3 is 14.2 Å². The maximum atomic E-state index is 14.9. The van der Waals surface area contributed by atoms with Gasteiger partial charge in [-0.2, -0.15) is 22.2 Å². The lowest BCUT2D eigenvalue weighted by Crippen LogP contribution is -2.39. The quantitative estimate of drug-likeness (QED) is 0.0903. The molecule has 4 aliphatic rings. The highest BCUT2D eigenvalue weighted by Crippen LogP contribution is 2.65. The van der Waals surface area contributed by atoms with E-state index in [0.717, 1.165) is 22.3 Å². The second-order valence-electron chi connectivity index (χ2n) is 14.0. The van der Waals surface area contributed by atoms with Gasteiger partial charge in [0.15, 0.2) is 6.61 Å². The Balaban J connectivity index is 0.00000114. The van der Waals surface area contributed by atoms with E-state index in [9.17, 15) is 13.2 Å². The molecule has 6 heterocycles. The molecule has 0 spiro atoms. The van der Waals surface area contributed by atoms with E-state index >= 15 is 0 Å². The van der Waals surface area contributed by atoms with Crippen LogP contribution in [0.4, 0.5) is 13.2 Å². The van der Waals surface area contributed by atoms with Gasteiger partial charge in [0.05, 0.1) is 57.1 Å². The number of aromatic nitrogens is 2. The number of hydrogen-bond donors (Lipinski definition) is 0. The van der Waals surface area contributed by atoms with Crippen molar-refractivity contribution in [2.75, 3.05) is 13.7 Å². The zero-order valence-electron chi connectivity index (χ0n) is 32.2. The maximum Gasteiger partial charge on any atom is 0.497 e. The van der Waals surface area contributed by atoms with E-state index in [1.807, 2.05) is 179 Å². The van der Waals surface area contributed by atoms with E-state index in [1.54, 1.807) is 0 Å². The summed E-state index contributed by atoms with van der Waals surface area (Å²) in [6, 6.07) is 46.9. The third-order valence-electron chi connectivity index (χ3n) is 10.4. The fourth-order valence-electron chi connectivity index (χ4n) is 8.15. The smallest absolute Gasteiger partial charge is 0.356 e. The van der Waals surface area contributed by atoms with Crippen LogP contribution in [0.5, 0.6) is 0 Å². The summed E-state index contributed by atoms with van der Waals surface area (Å²) in [6.07, 6.45) is 3.21. The number of fused-ring (bicyclic) bond motifs is 2. The van der Waals surface area contributed by atoms with Gasteiger partial charge in [0, 0.05) is 22.3 Å². The predicted molar refractivity (Wildman–Crippen MR) is 231 cm³/mol. The Morgan fingerprint density at radius 2 is 0.918 bits per heavy atom. The van der Waals surface area contributed by atoms with Crippen LogP contribution in [0.2, 0.25) is 0 Å². The molecular weight excluding hydrogens is 803 g/mol. The minimum atomic E-state index is -4.70. The van der Waals surface area contributed by atoms with Gasteiger partial charge in [0.1, 0.15) is 0 Å². The van der Waals surface area contributed by atoms with Crippen LogP contribution in [0.15, 0.2) is 191 Å². The molecule has 1 unspecified atom stereocenters. The Kier molecular flexibility index (Phi) is 10.2. The highest BCUT2D eigenvalue weighted by molar-refractivity contribution is 7.63. The van der Waals surface area contributed by atoms with Gasteiger partial charge < -0.3 is 15.3 Å². The summed E-state index contributed by atoms with van der Waals surface area (Å²) in [5.41, 5.74) is 9.91. The zero-order chi connectivity index (χ0) is 42.3. The third kappa shape index (κ3) is 7.08. The summed E-state index contributed by atoms with van der Waals surface area (Å²) in [7, 11) is -2.75. The minimum absolute atomic E-state index is 0.578. The van der Waals surface area contributed by atoms with Crippen molar-refractivity contribution >= 4 is 41.7 Å². The van der Waals surface area contributed by atoms with Crippen LogP contribution < -0.4 is 10.7 Å². The van der Waals surface area contributed by atoms with Crippen LogP contribution >= 0.6 is 8.02 Å². The van der Waals surface area contributed by atoms with E-state index in [0.29, 0.717) is 67.2 Å². The largest absolute Gasteiger partial charge is 0.497 e. The number of aliphatic imine (C=N–C) groups is 2. The van der Waals surface area contributed by atoms with Crippen LogP contribution in [0.1, 0.15) is 33.6 Å². The molecule has 0 aliphatic carbocycles. The molecule has 14 heteroatoms. The Bertz CT molecular complexity index is 2840. The zero-order valence-corrected chi connectivity index (χ0v) is 33.1. The molecule has 0 radical (unpaired) electrons. The van der Waals surface area contributed by atoms with Crippen molar-refractivity contribution in [3.8, 4) is 0 Å². The van der Waals surface area contributed by atoms with Gasteiger partial charge in [-0.25, -0.2) is 9.98 Å². The highest BCUT2D eigenvalue weighted by atomic mass is 31.2. The molecule has 4 aromatic carbocycles. The summed E-state index contributed by atoms with van der Waals surface area (Å²) in [5, 5.41) is 15.9. The lowest BCUT2D eigenvalue weighted by molar-refractivity contribution is -0.402. The molecule has 0 fully saturated rings. The third-order valence-corrected chi connectivity index (χ3v) is 13.2. The van der Waals surface area contributed by atoms with Gasteiger partial charge in [0.25, 0.3) is 0 Å². The summed E-state index contributed by atoms with van der Waals surface area (Å²) >= 11 is 0. The summed E-state index contributed by atoms with van der Waals surface area (Å²) in [5.74, 6) is 0. The maximum absolute atomic E-state index is 14.9. The van der Waals surface area contributed by atoms with Gasteiger partial charge in [-0.15, -0.1) is 8.68 Å². The van der Waals surface area contributed by atoms with Crippen LogP contribution in [0.3, 0.4) is 0 Å². The number of alkyl halides is 3. The van der Waals surface area contributed by atoms with Gasteiger partial charge in [-0.1, -0.05) is 121 Å². The second-order valence-corrected chi connectivity index (χ2v) is 16.4. The molecule has 0 saturated heterocycles. The van der Waals surface area contributed by atoms with E-state index < -0.39 is 25.9 Å². The number of rotatable bonds is 7. The number of hydrogen-bond acceptors (Lipinski definition) is 7. The van der Waals surface area contributed by atoms with Crippen LogP contribution in [0, 0.1) is 15.3 Å². The first-order valence-corrected chi connectivity index (χ1v) is 20.5. The number of allylic oxidation sites excluding steroid dienone is 4. The standard InChI is InChI=1S/C47H33F3N4O2P.NO3/c1-55-57(56-30-47(48,49)50)53-39-26-27-40(53)45(33-18-10-4-11-19-33)37-24-25-38(52-37)46(34-20-12-5-13-21-34)42-29-28-41(54(42)57)44(32-16-8-3-9-17-32)36-23-22-35(51-36)43(39)31-14-6-2-7-15-31;2-1(3)4/h2-29H,30H2,1H3;/q+1;-1. The van der Waals surface area contributed by atoms with Crippen molar-refractivity contribution in [1.82, 2.24) is 8.68 Å². The Morgan fingerprint density at radius 3 is 1.26 bits per heavy atom. The van der Waals surface area contributed by atoms with Crippen molar-refractivity contribution in [1.29, 1.82) is 0 Å². The fraction of sp³-hybridized carbons (Fsp3) is 0.0638. The molecule has 1 atom stereocenters. The molecule has 4 aliphatic heterocycles. The van der Waals surface area contributed by atoms with Crippen molar-refractivity contribution in [3.63, 3.8) is 0 Å². The molecule has 6 aromatic rings. The first-order valence-electron chi connectivity index (χ1n) is 19.0.